The lowest BCUT2D eigenvalue weighted by molar-refractivity contribution is -0.384. The molecular weight excluding hydrogens is 230 g/mol. The van der Waals surface area contributed by atoms with Crippen molar-refractivity contribution in [2.24, 2.45) is 0 Å². The number of hydrogen-bond donors (Lipinski definition) is 1. The Hall–Kier alpha value is -1.62. The quantitative estimate of drug-likeness (QED) is 0.641. The van der Waals surface area contributed by atoms with E-state index < -0.39 is 0 Å². The van der Waals surface area contributed by atoms with Gasteiger partial charge in [-0.25, -0.2) is 0 Å². The van der Waals surface area contributed by atoms with Crippen LogP contribution < -0.4 is 10.2 Å². The van der Waals surface area contributed by atoms with Crippen LogP contribution in [0.3, 0.4) is 0 Å². The summed E-state index contributed by atoms with van der Waals surface area (Å²) in [6, 6.07) is 5.57. The first-order valence-corrected chi connectivity index (χ1v) is 6.36. The van der Waals surface area contributed by atoms with Gasteiger partial charge in [-0.15, -0.1) is 0 Å². The van der Waals surface area contributed by atoms with Gasteiger partial charge in [-0.2, -0.15) is 0 Å². The Morgan fingerprint density at radius 3 is 2.72 bits per heavy atom. The Balaban J connectivity index is 2.32. The normalized spacial score (nSPS) is 15.2. The van der Waals surface area contributed by atoms with Crippen molar-refractivity contribution in [2.75, 3.05) is 24.5 Å². The average molecular weight is 249 g/mol. The summed E-state index contributed by atoms with van der Waals surface area (Å²) in [7, 11) is 0. The lowest BCUT2D eigenvalue weighted by Gasteiger charge is -2.40. The maximum Gasteiger partial charge on any atom is 0.271 e. The van der Waals surface area contributed by atoms with Gasteiger partial charge in [-0.05, 0) is 18.9 Å². The second-order valence-corrected chi connectivity index (χ2v) is 4.73. The zero-order chi connectivity index (χ0) is 13.1. The van der Waals surface area contributed by atoms with Gasteiger partial charge in [-0.3, -0.25) is 10.1 Å². The molecule has 5 nitrogen and oxygen atoms in total. The number of benzene rings is 1. The van der Waals surface area contributed by atoms with E-state index >= 15 is 0 Å². The number of nitrogens with one attached hydrogen (secondary N) is 1. The van der Waals surface area contributed by atoms with E-state index in [2.05, 4.69) is 17.1 Å². The predicted molar refractivity (Wildman–Crippen MR) is 72.1 cm³/mol. The molecule has 1 aromatic rings. The summed E-state index contributed by atoms with van der Waals surface area (Å²) in [6.45, 7) is 7.00. The fraction of sp³-hybridized carbons (Fsp3) is 0.538. The fourth-order valence-corrected chi connectivity index (χ4v) is 2.26. The van der Waals surface area contributed by atoms with E-state index in [0.717, 1.165) is 37.3 Å². The predicted octanol–water partition coefficient (Wildman–Crippen LogP) is 2.09. The summed E-state index contributed by atoms with van der Waals surface area (Å²) in [5, 5.41) is 14.1. The summed E-state index contributed by atoms with van der Waals surface area (Å²) in [5.74, 6) is 0. The van der Waals surface area contributed by atoms with Gasteiger partial charge in [0.25, 0.3) is 5.69 Å². The van der Waals surface area contributed by atoms with Gasteiger partial charge in [-0.1, -0.05) is 13.0 Å². The van der Waals surface area contributed by atoms with Crippen LogP contribution >= 0.6 is 0 Å². The largest absolute Gasteiger partial charge is 0.366 e. The molecule has 1 aliphatic rings. The molecule has 0 spiro atoms. The summed E-state index contributed by atoms with van der Waals surface area (Å²) < 4.78 is 0. The molecule has 5 heteroatoms. The van der Waals surface area contributed by atoms with Crippen LogP contribution in [0.2, 0.25) is 0 Å². The van der Waals surface area contributed by atoms with Gasteiger partial charge in [0, 0.05) is 37.5 Å². The van der Waals surface area contributed by atoms with Crippen LogP contribution in [0.4, 0.5) is 11.4 Å². The monoisotopic (exact) mass is 249 g/mol. The Bertz CT molecular complexity index is 444. The first-order valence-electron chi connectivity index (χ1n) is 6.36. The second kappa shape index (κ2) is 5.35. The van der Waals surface area contributed by atoms with E-state index in [-0.39, 0.29) is 10.6 Å². The Labute approximate surface area is 107 Å². The molecule has 1 saturated heterocycles. The number of nitrogens with zero attached hydrogens (tertiary/aromatic N) is 2. The van der Waals surface area contributed by atoms with E-state index in [1.165, 1.54) is 0 Å². The van der Waals surface area contributed by atoms with Crippen molar-refractivity contribution in [3.63, 3.8) is 0 Å². The topological polar surface area (TPSA) is 58.4 Å². The first kappa shape index (κ1) is 12.8. The highest BCUT2D eigenvalue weighted by molar-refractivity contribution is 5.59. The zero-order valence-electron chi connectivity index (χ0n) is 10.8. The SMILES string of the molecule is CCCN(c1cc([N+](=O)[O-])ccc1C)C1CNC1. The molecule has 1 N–H and O–H groups in total. The van der Waals surface area contributed by atoms with Crippen LogP contribution in [0.1, 0.15) is 18.9 Å². The third-order valence-corrected chi connectivity index (χ3v) is 3.38. The van der Waals surface area contributed by atoms with E-state index in [1.54, 1.807) is 12.1 Å². The third kappa shape index (κ3) is 2.46. The minimum Gasteiger partial charge on any atom is -0.366 e. The van der Waals surface area contributed by atoms with Crippen molar-refractivity contribution >= 4 is 11.4 Å². The molecule has 0 saturated carbocycles. The number of nitro benzene ring substituents is 1. The van der Waals surface area contributed by atoms with E-state index in [4.69, 9.17) is 0 Å². The number of anilines is 1. The molecule has 18 heavy (non-hydrogen) atoms. The van der Waals surface area contributed by atoms with Gasteiger partial charge in [0.1, 0.15) is 0 Å². The van der Waals surface area contributed by atoms with E-state index in [1.807, 2.05) is 13.0 Å². The van der Waals surface area contributed by atoms with Crippen LogP contribution in [0.5, 0.6) is 0 Å². The van der Waals surface area contributed by atoms with Crippen molar-refractivity contribution in [1.82, 2.24) is 5.32 Å². The number of nitro groups is 1. The smallest absolute Gasteiger partial charge is 0.271 e. The highest BCUT2D eigenvalue weighted by atomic mass is 16.6. The van der Waals surface area contributed by atoms with E-state index in [0.29, 0.717) is 6.04 Å². The number of non-ortho nitro benzene ring substituents is 1. The molecule has 1 fully saturated rings. The molecule has 0 amide bonds. The highest BCUT2D eigenvalue weighted by Crippen LogP contribution is 2.28. The average Bonchev–Trinajstić information content (AvgIpc) is 2.26. The molecule has 0 radical (unpaired) electrons. The molecule has 0 atom stereocenters. The second-order valence-electron chi connectivity index (χ2n) is 4.73. The molecule has 1 heterocycles. The third-order valence-electron chi connectivity index (χ3n) is 3.38. The molecule has 0 unspecified atom stereocenters. The number of rotatable bonds is 5. The number of hydrogen-bond acceptors (Lipinski definition) is 4. The van der Waals surface area contributed by atoms with Crippen LogP contribution in [-0.4, -0.2) is 30.6 Å². The molecule has 0 aromatic heterocycles. The summed E-state index contributed by atoms with van der Waals surface area (Å²) in [6.07, 6.45) is 1.04. The van der Waals surface area contributed by atoms with Crippen molar-refractivity contribution in [3.05, 3.63) is 33.9 Å². The van der Waals surface area contributed by atoms with Crippen LogP contribution in [0, 0.1) is 17.0 Å². The molecule has 98 valence electrons. The molecule has 1 aliphatic heterocycles. The Kier molecular flexibility index (Phi) is 3.81. The maximum atomic E-state index is 10.9. The maximum absolute atomic E-state index is 10.9. The van der Waals surface area contributed by atoms with Crippen molar-refractivity contribution < 1.29 is 4.92 Å². The summed E-state index contributed by atoms with van der Waals surface area (Å²) in [4.78, 5) is 12.8. The highest BCUT2D eigenvalue weighted by Gasteiger charge is 2.26. The van der Waals surface area contributed by atoms with Gasteiger partial charge in [0.05, 0.1) is 11.0 Å². The van der Waals surface area contributed by atoms with Gasteiger partial charge in [0.15, 0.2) is 0 Å². The Morgan fingerprint density at radius 1 is 1.50 bits per heavy atom. The number of aryl methyl sites for hydroxylation is 1. The van der Waals surface area contributed by atoms with Gasteiger partial charge < -0.3 is 10.2 Å². The first-order chi connectivity index (χ1) is 8.63. The van der Waals surface area contributed by atoms with Crippen molar-refractivity contribution in [1.29, 1.82) is 0 Å². The minimum atomic E-state index is -0.327. The lowest BCUT2D eigenvalue weighted by Crippen LogP contribution is -2.57. The van der Waals surface area contributed by atoms with E-state index in [9.17, 15) is 10.1 Å². The van der Waals surface area contributed by atoms with Gasteiger partial charge in [0.2, 0.25) is 0 Å². The van der Waals surface area contributed by atoms with Crippen molar-refractivity contribution in [2.45, 2.75) is 26.3 Å². The van der Waals surface area contributed by atoms with Crippen LogP contribution in [0.15, 0.2) is 18.2 Å². The zero-order valence-corrected chi connectivity index (χ0v) is 10.8. The van der Waals surface area contributed by atoms with Crippen LogP contribution in [0.25, 0.3) is 0 Å². The molecule has 2 rings (SSSR count). The fourth-order valence-electron chi connectivity index (χ4n) is 2.26. The molecule has 0 aliphatic carbocycles. The Morgan fingerprint density at radius 2 is 2.22 bits per heavy atom. The standard InChI is InChI=1S/C13H19N3O2/c1-3-6-15(12-8-14-9-12)13-7-11(16(17)18)5-4-10(13)2/h4-5,7,12,14H,3,6,8-9H2,1-2H3. The molecule has 1 aromatic carbocycles. The molecule has 0 bridgehead atoms. The summed E-state index contributed by atoms with van der Waals surface area (Å²) in [5.41, 5.74) is 2.27. The summed E-state index contributed by atoms with van der Waals surface area (Å²) >= 11 is 0. The lowest BCUT2D eigenvalue weighted by atomic mass is 10.1. The minimum absolute atomic E-state index is 0.170. The van der Waals surface area contributed by atoms with Gasteiger partial charge >= 0.3 is 0 Å². The van der Waals surface area contributed by atoms with Crippen molar-refractivity contribution in [3.8, 4) is 0 Å². The molecular formula is C13H19N3O2. The van der Waals surface area contributed by atoms with Crippen LogP contribution in [-0.2, 0) is 0 Å².